The van der Waals surface area contributed by atoms with Crippen LogP contribution in [0.15, 0.2) is 48.5 Å². The second-order valence-corrected chi connectivity index (χ2v) is 7.48. The molecule has 160 valence electrons. The minimum atomic E-state index is -0.345. The maximum atomic E-state index is 13.0. The van der Waals surface area contributed by atoms with E-state index in [0.717, 1.165) is 5.56 Å². The average Bonchev–Trinajstić information content (AvgIpc) is 2.73. The van der Waals surface area contributed by atoms with Crippen molar-refractivity contribution in [1.29, 1.82) is 0 Å². The van der Waals surface area contributed by atoms with Gasteiger partial charge in [-0.3, -0.25) is 19.4 Å². The van der Waals surface area contributed by atoms with Crippen molar-refractivity contribution in [1.82, 2.24) is 14.7 Å². The lowest BCUT2D eigenvalue weighted by Gasteiger charge is -2.34. The topological polar surface area (TPSA) is 55.9 Å². The van der Waals surface area contributed by atoms with Gasteiger partial charge in [0.2, 0.25) is 11.8 Å². The summed E-state index contributed by atoms with van der Waals surface area (Å²) in [6, 6.07) is 11.8. The molecule has 8 heteroatoms. The first-order chi connectivity index (χ1) is 14.4. The van der Waals surface area contributed by atoms with Gasteiger partial charge >= 0.3 is 0 Å². The maximum Gasteiger partial charge on any atom is 0.238 e. The number of amides is 2. The molecule has 0 spiro atoms. The number of hydrogen-bond donors (Lipinski definition) is 1. The van der Waals surface area contributed by atoms with E-state index in [2.05, 4.69) is 10.2 Å². The average molecular weight is 416 g/mol. The molecule has 1 saturated heterocycles. The molecule has 1 fully saturated rings. The van der Waals surface area contributed by atoms with Crippen LogP contribution in [0.3, 0.4) is 0 Å². The summed E-state index contributed by atoms with van der Waals surface area (Å²) in [6.07, 6.45) is 0. The molecule has 1 aliphatic heterocycles. The molecule has 0 aromatic heterocycles. The molecule has 0 unspecified atom stereocenters. The minimum Gasteiger partial charge on any atom is -0.340 e. The van der Waals surface area contributed by atoms with Crippen LogP contribution in [0.1, 0.15) is 5.56 Å². The number of nitrogens with one attached hydrogen (secondary N) is 1. The zero-order chi connectivity index (χ0) is 21.5. The zero-order valence-corrected chi connectivity index (χ0v) is 17.0. The third-order valence-corrected chi connectivity index (χ3v) is 5.08. The van der Waals surface area contributed by atoms with E-state index < -0.39 is 0 Å². The number of carbonyl (C=O) groups excluding carboxylic acids is 2. The standard InChI is InChI=1S/C22H26F2N4O2/c1-26(14-17-2-4-18(23)5-3-17)22(30)16-28-12-10-27(11-13-28)15-21(29)25-20-8-6-19(24)7-9-20/h2-9H,10-16H2,1H3,(H,25,29). The van der Waals surface area contributed by atoms with E-state index in [-0.39, 0.29) is 30.0 Å². The highest BCUT2D eigenvalue weighted by Crippen LogP contribution is 2.10. The summed E-state index contributed by atoms with van der Waals surface area (Å²) in [5.74, 6) is -0.786. The summed E-state index contributed by atoms with van der Waals surface area (Å²) < 4.78 is 25.9. The van der Waals surface area contributed by atoms with Crippen LogP contribution in [-0.2, 0) is 16.1 Å². The molecule has 0 aliphatic carbocycles. The molecule has 1 aliphatic rings. The molecule has 0 saturated carbocycles. The highest BCUT2D eigenvalue weighted by molar-refractivity contribution is 5.92. The van der Waals surface area contributed by atoms with Crippen molar-refractivity contribution < 1.29 is 18.4 Å². The molecule has 1 heterocycles. The summed E-state index contributed by atoms with van der Waals surface area (Å²) in [5.41, 5.74) is 1.44. The highest BCUT2D eigenvalue weighted by atomic mass is 19.1. The quantitative estimate of drug-likeness (QED) is 0.752. The second kappa shape index (κ2) is 10.3. The van der Waals surface area contributed by atoms with Gasteiger partial charge in [0.05, 0.1) is 13.1 Å². The summed E-state index contributed by atoms with van der Waals surface area (Å²) in [6.45, 7) is 3.76. The van der Waals surface area contributed by atoms with Crippen molar-refractivity contribution in [3.63, 3.8) is 0 Å². The number of nitrogens with zero attached hydrogens (tertiary/aromatic N) is 3. The Hall–Kier alpha value is -2.84. The molecular weight excluding hydrogens is 390 g/mol. The monoisotopic (exact) mass is 416 g/mol. The van der Waals surface area contributed by atoms with Crippen LogP contribution in [0.5, 0.6) is 0 Å². The van der Waals surface area contributed by atoms with Crippen molar-refractivity contribution in [2.75, 3.05) is 51.6 Å². The molecule has 30 heavy (non-hydrogen) atoms. The van der Waals surface area contributed by atoms with E-state index in [1.54, 1.807) is 24.1 Å². The Morgan fingerprint density at radius 2 is 1.37 bits per heavy atom. The molecule has 3 rings (SSSR count). The Bertz CT molecular complexity index is 850. The lowest BCUT2D eigenvalue weighted by molar-refractivity contribution is -0.132. The van der Waals surface area contributed by atoms with Crippen molar-refractivity contribution in [3.05, 3.63) is 65.7 Å². The van der Waals surface area contributed by atoms with Crippen molar-refractivity contribution in [3.8, 4) is 0 Å². The van der Waals surface area contributed by atoms with Crippen LogP contribution in [0, 0.1) is 11.6 Å². The molecule has 2 amide bonds. The fourth-order valence-electron chi connectivity index (χ4n) is 3.31. The molecule has 0 bridgehead atoms. The Morgan fingerprint density at radius 3 is 1.93 bits per heavy atom. The number of piperazine rings is 1. The molecule has 2 aromatic carbocycles. The number of rotatable bonds is 7. The largest absolute Gasteiger partial charge is 0.340 e. The van der Waals surface area contributed by atoms with Gasteiger partial charge < -0.3 is 10.2 Å². The van der Waals surface area contributed by atoms with E-state index in [4.69, 9.17) is 0 Å². The van der Waals surface area contributed by atoms with E-state index in [0.29, 0.717) is 45.0 Å². The predicted octanol–water partition coefficient (Wildman–Crippen LogP) is 2.18. The summed E-state index contributed by atoms with van der Waals surface area (Å²) in [7, 11) is 1.74. The summed E-state index contributed by atoms with van der Waals surface area (Å²) in [5, 5.41) is 2.76. The van der Waals surface area contributed by atoms with Crippen LogP contribution in [-0.4, -0.2) is 72.8 Å². The summed E-state index contributed by atoms with van der Waals surface area (Å²) in [4.78, 5) is 30.4. The van der Waals surface area contributed by atoms with Crippen LogP contribution in [0.4, 0.5) is 14.5 Å². The first-order valence-corrected chi connectivity index (χ1v) is 9.87. The predicted molar refractivity (Wildman–Crippen MR) is 111 cm³/mol. The van der Waals surface area contributed by atoms with Crippen molar-refractivity contribution >= 4 is 17.5 Å². The minimum absolute atomic E-state index is 0.00169. The Kier molecular flexibility index (Phi) is 7.48. The maximum absolute atomic E-state index is 13.0. The molecule has 1 N–H and O–H groups in total. The SMILES string of the molecule is CN(Cc1ccc(F)cc1)C(=O)CN1CCN(CC(=O)Nc2ccc(F)cc2)CC1. The Morgan fingerprint density at radius 1 is 0.867 bits per heavy atom. The van der Waals surface area contributed by atoms with Gasteiger partial charge in [0.15, 0.2) is 0 Å². The summed E-state index contributed by atoms with van der Waals surface area (Å²) >= 11 is 0. The van der Waals surface area contributed by atoms with Gasteiger partial charge in [0, 0.05) is 45.5 Å². The van der Waals surface area contributed by atoms with E-state index >= 15 is 0 Å². The zero-order valence-electron chi connectivity index (χ0n) is 17.0. The van der Waals surface area contributed by atoms with Crippen molar-refractivity contribution in [2.24, 2.45) is 0 Å². The fourth-order valence-corrected chi connectivity index (χ4v) is 3.31. The number of hydrogen-bond acceptors (Lipinski definition) is 4. The molecule has 2 aromatic rings. The van der Waals surface area contributed by atoms with Crippen LogP contribution in [0.2, 0.25) is 0 Å². The third kappa shape index (κ3) is 6.60. The van der Waals surface area contributed by atoms with E-state index in [1.807, 2.05) is 4.90 Å². The highest BCUT2D eigenvalue weighted by Gasteiger charge is 2.22. The lowest BCUT2D eigenvalue weighted by atomic mass is 10.2. The molecule has 0 atom stereocenters. The fraction of sp³-hybridized carbons (Fsp3) is 0.364. The molecule has 0 radical (unpaired) electrons. The van der Waals surface area contributed by atoms with Crippen LogP contribution >= 0.6 is 0 Å². The number of likely N-dealkylation sites (N-methyl/N-ethyl adjacent to an activating group) is 1. The molecule has 6 nitrogen and oxygen atoms in total. The Balaban J connectivity index is 1.38. The molecular formula is C22H26F2N4O2. The number of halogens is 2. The van der Waals surface area contributed by atoms with Gasteiger partial charge in [-0.1, -0.05) is 12.1 Å². The van der Waals surface area contributed by atoms with Gasteiger partial charge in [-0.2, -0.15) is 0 Å². The second-order valence-electron chi connectivity index (χ2n) is 7.48. The van der Waals surface area contributed by atoms with Gasteiger partial charge in [-0.15, -0.1) is 0 Å². The number of carbonyl (C=O) groups is 2. The van der Waals surface area contributed by atoms with Gasteiger partial charge in [-0.05, 0) is 42.0 Å². The normalized spacial score (nSPS) is 15.0. The Labute approximate surface area is 175 Å². The van der Waals surface area contributed by atoms with E-state index in [1.165, 1.54) is 36.4 Å². The van der Waals surface area contributed by atoms with Crippen molar-refractivity contribution in [2.45, 2.75) is 6.54 Å². The smallest absolute Gasteiger partial charge is 0.238 e. The number of anilines is 1. The van der Waals surface area contributed by atoms with Gasteiger partial charge in [0.25, 0.3) is 0 Å². The lowest BCUT2D eigenvalue weighted by Crippen LogP contribution is -2.51. The van der Waals surface area contributed by atoms with Crippen LogP contribution in [0.25, 0.3) is 0 Å². The third-order valence-electron chi connectivity index (χ3n) is 5.08. The van der Waals surface area contributed by atoms with Gasteiger partial charge in [-0.25, -0.2) is 8.78 Å². The van der Waals surface area contributed by atoms with E-state index in [9.17, 15) is 18.4 Å². The van der Waals surface area contributed by atoms with Crippen LogP contribution < -0.4 is 5.32 Å². The first kappa shape index (κ1) is 21.9. The first-order valence-electron chi connectivity index (χ1n) is 9.87. The number of benzene rings is 2. The van der Waals surface area contributed by atoms with Gasteiger partial charge in [0.1, 0.15) is 11.6 Å².